The molecule has 0 atom stereocenters. The molecule has 0 radical (unpaired) electrons. The van der Waals surface area contributed by atoms with E-state index in [1.54, 1.807) is 23.7 Å². The van der Waals surface area contributed by atoms with Crippen molar-refractivity contribution in [2.75, 3.05) is 5.32 Å². The van der Waals surface area contributed by atoms with Crippen molar-refractivity contribution >= 4 is 35.1 Å². The topological polar surface area (TPSA) is 95.1 Å². The maximum Gasteiger partial charge on any atom is 0.280 e. The Morgan fingerprint density at radius 2 is 1.94 bits per heavy atom. The van der Waals surface area contributed by atoms with Crippen molar-refractivity contribution in [2.24, 2.45) is 0 Å². The normalized spacial score (nSPS) is 10.9. The van der Waals surface area contributed by atoms with E-state index in [4.69, 9.17) is 32.5 Å². The molecule has 0 bridgehead atoms. The number of rotatable bonds is 7. The van der Waals surface area contributed by atoms with Gasteiger partial charge in [0.15, 0.2) is 5.69 Å². The molecule has 2 aromatic heterocycles. The molecule has 0 spiro atoms. The highest BCUT2D eigenvalue weighted by Gasteiger charge is 2.22. The molecule has 0 saturated heterocycles. The van der Waals surface area contributed by atoms with Gasteiger partial charge in [0.1, 0.15) is 24.4 Å². The van der Waals surface area contributed by atoms with E-state index in [0.29, 0.717) is 27.9 Å². The summed E-state index contributed by atoms with van der Waals surface area (Å²) in [4.78, 5) is 16.9. The number of aromatic nitrogens is 4. The Morgan fingerprint density at radius 3 is 2.70 bits per heavy atom. The van der Waals surface area contributed by atoms with E-state index in [2.05, 4.69) is 20.6 Å². The van der Waals surface area contributed by atoms with Crippen LogP contribution in [0.3, 0.4) is 0 Å². The lowest BCUT2D eigenvalue weighted by Gasteiger charge is -2.10. The Balaban J connectivity index is 1.43. The molecule has 0 fully saturated rings. The van der Waals surface area contributed by atoms with Gasteiger partial charge in [0.25, 0.3) is 5.91 Å². The molecule has 4 rings (SSSR count). The van der Waals surface area contributed by atoms with Gasteiger partial charge in [-0.2, -0.15) is 0 Å². The lowest BCUT2D eigenvalue weighted by Crippen LogP contribution is -2.16. The number of benzene rings is 2. The Labute approximate surface area is 200 Å². The number of carbonyl (C=O) groups is 1. The largest absolute Gasteiger partial charge is 0.488 e. The number of amides is 1. The molecule has 33 heavy (non-hydrogen) atoms. The van der Waals surface area contributed by atoms with Crippen LogP contribution in [0.15, 0.2) is 47.2 Å². The second-order valence-electron chi connectivity index (χ2n) is 7.59. The SMILES string of the molecule is Cc1ccc(OCc2c(C(=O)Nc3ncn(Cc4ccc(Cl)c(Cl)c4)n3)noc2C)c(C)c1. The quantitative estimate of drug-likeness (QED) is 0.377. The van der Waals surface area contributed by atoms with Gasteiger partial charge in [-0.05, 0) is 50.1 Å². The van der Waals surface area contributed by atoms with E-state index in [9.17, 15) is 4.79 Å². The molecular weight excluding hydrogens is 465 g/mol. The summed E-state index contributed by atoms with van der Waals surface area (Å²) in [5.41, 5.74) is 3.73. The first-order chi connectivity index (χ1) is 15.8. The lowest BCUT2D eigenvalue weighted by molar-refractivity contribution is 0.101. The van der Waals surface area contributed by atoms with E-state index in [-0.39, 0.29) is 18.2 Å². The Morgan fingerprint density at radius 1 is 1.12 bits per heavy atom. The molecule has 0 aliphatic carbocycles. The van der Waals surface area contributed by atoms with E-state index in [1.165, 1.54) is 6.33 Å². The van der Waals surface area contributed by atoms with Crippen molar-refractivity contribution in [3.8, 4) is 5.75 Å². The maximum absolute atomic E-state index is 12.8. The average Bonchev–Trinajstić information content (AvgIpc) is 3.36. The fraction of sp³-hybridized carbons (Fsp3) is 0.217. The van der Waals surface area contributed by atoms with Gasteiger partial charge in [-0.3, -0.25) is 10.1 Å². The van der Waals surface area contributed by atoms with Gasteiger partial charge in [-0.1, -0.05) is 52.1 Å². The number of anilines is 1. The van der Waals surface area contributed by atoms with Gasteiger partial charge in [-0.15, -0.1) is 5.10 Å². The van der Waals surface area contributed by atoms with Gasteiger partial charge in [-0.25, -0.2) is 9.67 Å². The van der Waals surface area contributed by atoms with Crippen LogP contribution in [0.25, 0.3) is 0 Å². The number of hydrogen-bond acceptors (Lipinski definition) is 6. The van der Waals surface area contributed by atoms with E-state index >= 15 is 0 Å². The van der Waals surface area contributed by atoms with Crippen molar-refractivity contribution in [3.05, 3.63) is 86.5 Å². The molecule has 0 saturated carbocycles. The van der Waals surface area contributed by atoms with Gasteiger partial charge >= 0.3 is 0 Å². The monoisotopic (exact) mass is 485 g/mol. The first-order valence-corrected chi connectivity index (χ1v) is 10.9. The van der Waals surface area contributed by atoms with Crippen molar-refractivity contribution in [1.29, 1.82) is 0 Å². The Kier molecular flexibility index (Phi) is 6.67. The second-order valence-corrected chi connectivity index (χ2v) is 8.41. The first kappa shape index (κ1) is 22.8. The highest BCUT2D eigenvalue weighted by atomic mass is 35.5. The molecule has 1 amide bonds. The third-order valence-electron chi connectivity index (χ3n) is 4.99. The molecule has 8 nitrogen and oxygen atoms in total. The molecule has 0 aliphatic heterocycles. The predicted octanol–water partition coefficient (Wildman–Crippen LogP) is 5.38. The molecule has 4 aromatic rings. The van der Waals surface area contributed by atoms with Crippen molar-refractivity contribution in [3.63, 3.8) is 0 Å². The summed E-state index contributed by atoms with van der Waals surface area (Å²) in [6, 6.07) is 11.2. The standard InChI is InChI=1S/C23H21Cl2N5O3/c1-13-4-7-20(14(2)8-13)32-11-17-15(3)33-29-21(17)22(31)27-23-26-12-30(28-23)10-16-5-6-18(24)19(25)9-16/h4-9,12H,10-11H2,1-3H3,(H,27,28,31). The van der Waals surface area contributed by atoms with Crippen LogP contribution in [0.2, 0.25) is 10.0 Å². The molecular formula is C23H21Cl2N5O3. The Hall–Kier alpha value is -3.36. The minimum absolute atomic E-state index is 0.123. The van der Waals surface area contributed by atoms with Gasteiger partial charge in [0, 0.05) is 0 Å². The fourth-order valence-corrected chi connectivity index (χ4v) is 3.59. The molecule has 2 aromatic carbocycles. The number of hydrogen-bond donors (Lipinski definition) is 1. The summed E-state index contributed by atoms with van der Waals surface area (Å²) in [7, 11) is 0. The number of ether oxygens (including phenoxy) is 1. The van der Waals surface area contributed by atoms with Gasteiger partial charge < -0.3 is 9.26 Å². The van der Waals surface area contributed by atoms with Crippen LogP contribution in [0.4, 0.5) is 5.95 Å². The van der Waals surface area contributed by atoms with Crippen LogP contribution in [-0.2, 0) is 13.2 Å². The number of carbonyl (C=O) groups excluding carboxylic acids is 1. The highest BCUT2D eigenvalue weighted by molar-refractivity contribution is 6.42. The summed E-state index contributed by atoms with van der Waals surface area (Å²) >= 11 is 12.0. The number of aryl methyl sites for hydroxylation is 3. The van der Waals surface area contributed by atoms with Crippen LogP contribution < -0.4 is 10.1 Å². The van der Waals surface area contributed by atoms with Crippen molar-refractivity contribution in [2.45, 2.75) is 33.9 Å². The Bertz CT molecular complexity index is 1320. The average molecular weight is 486 g/mol. The minimum Gasteiger partial charge on any atom is -0.488 e. The first-order valence-electron chi connectivity index (χ1n) is 10.1. The van der Waals surface area contributed by atoms with E-state index < -0.39 is 5.91 Å². The van der Waals surface area contributed by atoms with Crippen LogP contribution in [0.5, 0.6) is 5.75 Å². The van der Waals surface area contributed by atoms with Gasteiger partial charge in [0.05, 0.1) is 22.2 Å². The summed E-state index contributed by atoms with van der Waals surface area (Å²) in [5.74, 6) is 0.888. The number of nitrogens with one attached hydrogen (secondary N) is 1. The molecule has 0 aliphatic rings. The number of nitrogens with zero attached hydrogens (tertiary/aromatic N) is 4. The zero-order valence-corrected chi connectivity index (χ0v) is 19.7. The summed E-state index contributed by atoms with van der Waals surface area (Å²) in [6.45, 7) is 6.27. The van der Waals surface area contributed by atoms with Crippen LogP contribution >= 0.6 is 23.2 Å². The molecule has 170 valence electrons. The summed E-state index contributed by atoms with van der Waals surface area (Å²) < 4.78 is 12.7. The summed E-state index contributed by atoms with van der Waals surface area (Å²) in [5, 5.41) is 11.8. The third-order valence-corrected chi connectivity index (χ3v) is 5.73. The van der Waals surface area contributed by atoms with Crippen LogP contribution in [0.1, 0.15) is 38.5 Å². The molecule has 2 heterocycles. The second kappa shape index (κ2) is 9.64. The maximum atomic E-state index is 12.8. The van der Waals surface area contributed by atoms with Crippen molar-refractivity contribution in [1.82, 2.24) is 19.9 Å². The van der Waals surface area contributed by atoms with Crippen molar-refractivity contribution < 1.29 is 14.1 Å². The highest BCUT2D eigenvalue weighted by Crippen LogP contribution is 2.24. The molecule has 0 unspecified atom stereocenters. The molecule has 10 heteroatoms. The zero-order valence-electron chi connectivity index (χ0n) is 18.2. The predicted molar refractivity (Wildman–Crippen MR) is 125 cm³/mol. The van der Waals surface area contributed by atoms with Gasteiger partial charge in [0.2, 0.25) is 5.95 Å². The number of halogens is 2. The smallest absolute Gasteiger partial charge is 0.280 e. The third kappa shape index (κ3) is 5.35. The summed E-state index contributed by atoms with van der Waals surface area (Å²) in [6.07, 6.45) is 1.51. The zero-order chi connectivity index (χ0) is 23.5. The fourth-order valence-electron chi connectivity index (χ4n) is 3.26. The van der Waals surface area contributed by atoms with Crippen LogP contribution in [-0.4, -0.2) is 25.8 Å². The van der Waals surface area contributed by atoms with E-state index in [1.807, 2.05) is 38.1 Å². The molecule has 1 N–H and O–H groups in total. The van der Waals surface area contributed by atoms with Crippen LogP contribution in [0, 0.1) is 20.8 Å². The lowest BCUT2D eigenvalue weighted by atomic mass is 10.1. The van der Waals surface area contributed by atoms with E-state index in [0.717, 1.165) is 22.4 Å². The minimum atomic E-state index is -0.488.